The molecule has 4 rings (SSSR count). The number of thioether (sulfide) groups is 1. The van der Waals surface area contributed by atoms with Crippen molar-refractivity contribution in [3.8, 4) is 11.5 Å². The van der Waals surface area contributed by atoms with Crippen LogP contribution >= 0.6 is 11.8 Å². The summed E-state index contributed by atoms with van der Waals surface area (Å²) in [5.41, 5.74) is 2.92. The summed E-state index contributed by atoms with van der Waals surface area (Å²) in [4.78, 5) is 28.4. The lowest BCUT2D eigenvalue weighted by Crippen LogP contribution is -2.23. The van der Waals surface area contributed by atoms with Crippen molar-refractivity contribution in [3.05, 3.63) is 89.3 Å². The molecule has 0 spiro atoms. The van der Waals surface area contributed by atoms with Crippen molar-refractivity contribution in [1.82, 2.24) is 20.3 Å². The first-order valence-electron chi connectivity index (χ1n) is 13.4. The quantitative estimate of drug-likeness (QED) is 0.169. The first-order valence-corrected chi connectivity index (χ1v) is 14.3. The number of nitrogens with one attached hydrogen (secondary N) is 1. The van der Waals surface area contributed by atoms with Gasteiger partial charge in [0.05, 0.1) is 25.7 Å². The molecule has 4 aromatic rings. The highest BCUT2D eigenvalue weighted by Crippen LogP contribution is 2.30. The summed E-state index contributed by atoms with van der Waals surface area (Å²) < 4.78 is 16.6. The molecule has 0 aliphatic heterocycles. The van der Waals surface area contributed by atoms with Crippen LogP contribution in [-0.4, -0.2) is 48.7 Å². The number of amides is 1. The van der Waals surface area contributed by atoms with E-state index in [4.69, 9.17) is 23.9 Å². The van der Waals surface area contributed by atoms with E-state index in [1.54, 1.807) is 32.7 Å². The summed E-state index contributed by atoms with van der Waals surface area (Å²) in [5.74, 6) is 3.47. The van der Waals surface area contributed by atoms with Gasteiger partial charge in [-0.3, -0.25) is 9.78 Å². The van der Waals surface area contributed by atoms with Gasteiger partial charge in [-0.05, 0) is 53.9 Å². The van der Waals surface area contributed by atoms with Crippen molar-refractivity contribution in [2.75, 3.05) is 32.7 Å². The maximum absolute atomic E-state index is 12.5. The standard InChI is InChI=1S/C31H37N5O4S/c1-31(2,3)27-18-28(36(4)16-13-21-7-9-24(38-5)26(17-21)39-6)35-30(34-27)41-20-23-8-10-25(40-23)29(37)33-19-22-11-14-32-15-12-22/h7-12,14-15,17-18H,13,16,19-20H2,1-6H3,(H,33,37). The molecular formula is C31H37N5O4S. The van der Waals surface area contributed by atoms with Crippen LogP contribution in [0, 0.1) is 0 Å². The topological polar surface area (TPSA) is 103 Å². The smallest absolute Gasteiger partial charge is 0.287 e. The van der Waals surface area contributed by atoms with Crippen LogP contribution < -0.4 is 19.7 Å². The van der Waals surface area contributed by atoms with E-state index in [9.17, 15) is 4.79 Å². The Kier molecular flexibility index (Phi) is 9.88. The average molecular weight is 576 g/mol. The number of ether oxygens (including phenoxy) is 2. The fraction of sp³-hybridized carbons (Fsp3) is 0.355. The number of rotatable bonds is 12. The lowest BCUT2D eigenvalue weighted by Gasteiger charge is -2.23. The summed E-state index contributed by atoms with van der Waals surface area (Å²) in [6.45, 7) is 7.58. The van der Waals surface area contributed by atoms with Gasteiger partial charge in [-0.15, -0.1) is 0 Å². The monoisotopic (exact) mass is 575 g/mol. The number of anilines is 1. The van der Waals surface area contributed by atoms with Gasteiger partial charge >= 0.3 is 0 Å². The van der Waals surface area contributed by atoms with Gasteiger partial charge in [-0.2, -0.15) is 0 Å². The van der Waals surface area contributed by atoms with E-state index in [-0.39, 0.29) is 17.1 Å². The number of likely N-dealkylation sites (N-methyl/N-ethyl adjacent to an activating group) is 1. The lowest BCUT2D eigenvalue weighted by molar-refractivity contribution is 0.0921. The van der Waals surface area contributed by atoms with E-state index in [1.165, 1.54) is 11.8 Å². The third-order valence-electron chi connectivity index (χ3n) is 6.47. The number of carbonyl (C=O) groups excluding carboxylic acids is 1. The van der Waals surface area contributed by atoms with E-state index in [0.29, 0.717) is 29.0 Å². The Morgan fingerprint density at radius 3 is 2.44 bits per heavy atom. The number of benzene rings is 1. The molecule has 0 saturated heterocycles. The molecule has 216 valence electrons. The molecule has 41 heavy (non-hydrogen) atoms. The molecule has 3 heterocycles. The van der Waals surface area contributed by atoms with Crippen LogP contribution in [0.25, 0.3) is 0 Å². The SMILES string of the molecule is COc1ccc(CCN(C)c2cc(C(C)(C)C)nc(SCc3ccc(C(=O)NCc4ccncc4)o3)n2)cc1OC. The van der Waals surface area contributed by atoms with Gasteiger partial charge < -0.3 is 24.1 Å². The van der Waals surface area contributed by atoms with E-state index in [0.717, 1.165) is 41.4 Å². The summed E-state index contributed by atoms with van der Waals surface area (Å²) in [6.07, 6.45) is 4.20. The molecule has 1 amide bonds. The third kappa shape index (κ3) is 8.23. The predicted octanol–water partition coefficient (Wildman–Crippen LogP) is 5.68. The molecule has 0 aliphatic carbocycles. The number of methoxy groups -OCH3 is 2. The van der Waals surface area contributed by atoms with Crippen LogP contribution in [0.3, 0.4) is 0 Å². The van der Waals surface area contributed by atoms with Crippen LogP contribution in [0.1, 0.15) is 53.9 Å². The molecule has 0 saturated carbocycles. The van der Waals surface area contributed by atoms with Gasteiger partial charge in [-0.1, -0.05) is 38.6 Å². The number of aromatic nitrogens is 3. The number of hydrogen-bond acceptors (Lipinski definition) is 9. The second-order valence-corrected chi connectivity index (χ2v) is 11.5. The minimum Gasteiger partial charge on any atom is -0.493 e. The molecule has 0 aliphatic rings. The Bertz CT molecular complexity index is 1450. The number of carbonyl (C=O) groups is 1. The normalized spacial score (nSPS) is 11.3. The lowest BCUT2D eigenvalue weighted by atomic mass is 9.92. The summed E-state index contributed by atoms with van der Waals surface area (Å²) in [5, 5.41) is 3.53. The zero-order chi connectivity index (χ0) is 29.4. The van der Waals surface area contributed by atoms with Crippen molar-refractivity contribution < 1.29 is 18.7 Å². The van der Waals surface area contributed by atoms with Crippen LogP contribution in [-0.2, 0) is 24.1 Å². The van der Waals surface area contributed by atoms with Gasteiger partial charge in [-0.25, -0.2) is 9.97 Å². The number of nitrogens with zero attached hydrogens (tertiary/aromatic N) is 4. The van der Waals surface area contributed by atoms with Crippen LogP contribution in [0.2, 0.25) is 0 Å². The molecule has 0 fully saturated rings. The van der Waals surface area contributed by atoms with Crippen LogP contribution in [0.5, 0.6) is 11.5 Å². The average Bonchev–Trinajstić information content (AvgIpc) is 3.46. The summed E-state index contributed by atoms with van der Waals surface area (Å²) >= 11 is 1.48. The highest BCUT2D eigenvalue weighted by molar-refractivity contribution is 7.98. The zero-order valence-electron chi connectivity index (χ0n) is 24.4. The molecule has 0 bridgehead atoms. The molecule has 10 heteroatoms. The fourth-order valence-corrected chi connectivity index (χ4v) is 4.74. The van der Waals surface area contributed by atoms with Crippen molar-refractivity contribution in [3.63, 3.8) is 0 Å². The van der Waals surface area contributed by atoms with Gasteiger partial charge in [0, 0.05) is 44.0 Å². The maximum atomic E-state index is 12.5. The van der Waals surface area contributed by atoms with Crippen molar-refractivity contribution in [1.29, 1.82) is 0 Å². The second-order valence-electron chi connectivity index (χ2n) is 10.6. The Morgan fingerprint density at radius 1 is 0.976 bits per heavy atom. The van der Waals surface area contributed by atoms with Crippen LogP contribution in [0.15, 0.2) is 70.5 Å². The van der Waals surface area contributed by atoms with Gasteiger partial charge in [0.25, 0.3) is 5.91 Å². The van der Waals surface area contributed by atoms with Crippen LogP contribution in [0.4, 0.5) is 5.82 Å². The van der Waals surface area contributed by atoms with Crippen molar-refractivity contribution in [2.24, 2.45) is 0 Å². The summed E-state index contributed by atoms with van der Waals surface area (Å²) in [7, 11) is 5.31. The minimum absolute atomic E-state index is 0.151. The number of hydrogen-bond donors (Lipinski definition) is 1. The molecule has 9 nitrogen and oxygen atoms in total. The second kappa shape index (κ2) is 13.5. The predicted molar refractivity (Wildman–Crippen MR) is 161 cm³/mol. The van der Waals surface area contributed by atoms with E-state index in [2.05, 4.69) is 42.0 Å². The molecule has 1 N–H and O–H groups in total. The number of pyridine rings is 1. The largest absolute Gasteiger partial charge is 0.493 e. The Hall–Kier alpha value is -4.05. The van der Waals surface area contributed by atoms with Crippen molar-refractivity contribution >= 4 is 23.5 Å². The van der Waals surface area contributed by atoms with E-state index >= 15 is 0 Å². The zero-order valence-corrected chi connectivity index (χ0v) is 25.2. The molecule has 1 aromatic carbocycles. The molecule has 0 atom stereocenters. The van der Waals surface area contributed by atoms with Gasteiger partial charge in [0.1, 0.15) is 11.6 Å². The van der Waals surface area contributed by atoms with E-state index < -0.39 is 0 Å². The highest BCUT2D eigenvalue weighted by atomic mass is 32.2. The Morgan fingerprint density at radius 2 is 1.73 bits per heavy atom. The molecule has 0 unspecified atom stereocenters. The molecular weight excluding hydrogens is 538 g/mol. The highest BCUT2D eigenvalue weighted by Gasteiger charge is 2.20. The molecule has 3 aromatic heterocycles. The van der Waals surface area contributed by atoms with Crippen molar-refractivity contribution in [2.45, 2.75) is 50.1 Å². The van der Waals surface area contributed by atoms with Gasteiger partial charge in [0.2, 0.25) is 0 Å². The summed E-state index contributed by atoms with van der Waals surface area (Å²) in [6, 6.07) is 15.3. The third-order valence-corrected chi connectivity index (χ3v) is 7.34. The number of furan rings is 1. The Balaban J connectivity index is 1.41. The Labute approximate surface area is 245 Å². The maximum Gasteiger partial charge on any atom is 0.287 e. The molecule has 0 radical (unpaired) electrons. The fourth-order valence-electron chi connectivity index (χ4n) is 3.99. The first-order chi connectivity index (χ1) is 19.7. The van der Waals surface area contributed by atoms with E-state index in [1.807, 2.05) is 43.4 Å². The van der Waals surface area contributed by atoms with Gasteiger partial charge in [0.15, 0.2) is 22.4 Å². The minimum atomic E-state index is -0.262. The first kappa shape index (κ1) is 29.9.